The topological polar surface area (TPSA) is 99.0 Å². The summed E-state index contributed by atoms with van der Waals surface area (Å²) >= 11 is 0. The van der Waals surface area contributed by atoms with Crippen molar-refractivity contribution >= 4 is 18.0 Å². The maximum atomic E-state index is 10.8. The lowest BCUT2D eigenvalue weighted by Crippen LogP contribution is -2.18. The second kappa shape index (κ2) is 4.90. The molecule has 2 rings (SSSR count). The third kappa shape index (κ3) is 2.58. The minimum absolute atomic E-state index is 0.240. The number of hydrogen-bond donors (Lipinski definition) is 3. The van der Waals surface area contributed by atoms with E-state index in [0.29, 0.717) is 17.4 Å². The van der Waals surface area contributed by atoms with Crippen LogP contribution >= 0.6 is 0 Å². The normalized spacial score (nSPS) is 15.8. The van der Waals surface area contributed by atoms with Crippen molar-refractivity contribution in [3.05, 3.63) is 17.6 Å². The molecule has 0 aliphatic heterocycles. The van der Waals surface area contributed by atoms with Gasteiger partial charge in [-0.15, -0.1) is 0 Å². The Bertz CT molecular complexity index is 441. The largest absolute Gasteiger partial charge is 0.475 e. The molecule has 90 valence electrons. The van der Waals surface area contributed by atoms with Gasteiger partial charge in [0.15, 0.2) is 0 Å². The lowest BCUT2D eigenvalue weighted by Gasteiger charge is -2.14. The first-order valence-electron chi connectivity index (χ1n) is 5.58. The second-order valence-electron chi connectivity index (χ2n) is 4.07. The summed E-state index contributed by atoms with van der Waals surface area (Å²) in [6, 6.07) is 0.324. The van der Waals surface area contributed by atoms with E-state index in [-0.39, 0.29) is 5.82 Å². The molecular formula is C11H14N4O2. The highest BCUT2D eigenvalue weighted by molar-refractivity contribution is 5.87. The predicted molar refractivity (Wildman–Crippen MR) is 62.8 cm³/mol. The molecule has 0 radical (unpaired) electrons. The summed E-state index contributed by atoms with van der Waals surface area (Å²) in [4.78, 5) is 18.4. The molecule has 6 heteroatoms. The van der Waals surface area contributed by atoms with Crippen molar-refractivity contribution in [2.24, 2.45) is 0 Å². The number of carboxylic acids is 1. The van der Waals surface area contributed by atoms with Gasteiger partial charge in [-0.05, 0) is 12.8 Å². The maximum Gasteiger partial charge on any atom is 0.374 e. The SMILES string of the molecule is N=Cc1cnc(C(=O)O)nc1NC1CCCC1. The standard InChI is InChI=1S/C11H14N4O2/c12-5-7-6-13-10(11(16)17)15-9(7)14-8-3-1-2-4-8/h5-6,8,12H,1-4H2,(H,16,17)(H,13,14,15). The van der Waals surface area contributed by atoms with Crippen LogP contribution in [0.2, 0.25) is 0 Å². The van der Waals surface area contributed by atoms with Gasteiger partial charge in [0.2, 0.25) is 5.82 Å². The van der Waals surface area contributed by atoms with E-state index in [9.17, 15) is 4.79 Å². The van der Waals surface area contributed by atoms with Gasteiger partial charge in [0.05, 0.1) is 5.56 Å². The van der Waals surface area contributed by atoms with Crippen molar-refractivity contribution < 1.29 is 9.90 Å². The molecule has 0 aromatic carbocycles. The molecule has 0 atom stereocenters. The second-order valence-corrected chi connectivity index (χ2v) is 4.07. The first-order valence-corrected chi connectivity index (χ1v) is 5.58. The Morgan fingerprint density at radius 3 is 2.82 bits per heavy atom. The van der Waals surface area contributed by atoms with Gasteiger partial charge in [-0.25, -0.2) is 14.8 Å². The number of hydrogen-bond acceptors (Lipinski definition) is 5. The molecule has 0 amide bonds. The van der Waals surface area contributed by atoms with Crippen LogP contribution in [0, 0.1) is 5.41 Å². The molecule has 1 aliphatic rings. The van der Waals surface area contributed by atoms with Gasteiger partial charge in [-0.1, -0.05) is 12.8 Å². The highest BCUT2D eigenvalue weighted by Gasteiger charge is 2.18. The van der Waals surface area contributed by atoms with Crippen LogP contribution in [-0.4, -0.2) is 33.3 Å². The van der Waals surface area contributed by atoms with Crippen molar-refractivity contribution in [1.82, 2.24) is 9.97 Å². The molecule has 6 nitrogen and oxygen atoms in total. The van der Waals surface area contributed by atoms with Crippen LogP contribution in [-0.2, 0) is 0 Å². The zero-order valence-corrected chi connectivity index (χ0v) is 9.31. The Morgan fingerprint density at radius 2 is 2.24 bits per heavy atom. The van der Waals surface area contributed by atoms with Crippen molar-refractivity contribution in [1.29, 1.82) is 5.41 Å². The van der Waals surface area contributed by atoms with E-state index in [2.05, 4.69) is 15.3 Å². The molecule has 0 spiro atoms. The van der Waals surface area contributed by atoms with E-state index < -0.39 is 5.97 Å². The molecule has 3 N–H and O–H groups in total. The summed E-state index contributed by atoms with van der Waals surface area (Å²) in [5, 5.41) is 19.3. The molecular weight excluding hydrogens is 220 g/mol. The zero-order chi connectivity index (χ0) is 12.3. The lowest BCUT2D eigenvalue weighted by molar-refractivity contribution is 0.0683. The van der Waals surface area contributed by atoms with Crippen molar-refractivity contribution in [3.8, 4) is 0 Å². The van der Waals surface area contributed by atoms with E-state index in [1.165, 1.54) is 19.0 Å². The van der Waals surface area contributed by atoms with Crippen LogP contribution in [0.1, 0.15) is 41.9 Å². The third-order valence-electron chi connectivity index (χ3n) is 2.86. The van der Waals surface area contributed by atoms with Gasteiger partial charge >= 0.3 is 5.97 Å². The number of aromatic carboxylic acids is 1. The average molecular weight is 234 g/mol. The van der Waals surface area contributed by atoms with Gasteiger partial charge in [-0.3, -0.25) is 0 Å². The van der Waals surface area contributed by atoms with E-state index in [1.807, 2.05) is 0 Å². The minimum atomic E-state index is -1.16. The summed E-state index contributed by atoms with van der Waals surface area (Å²) in [5.74, 6) is -0.952. The number of nitrogens with one attached hydrogen (secondary N) is 2. The lowest BCUT2D eigenvalue weighted by atomic mass is 10.2. The molecule has 1 aliphatic carbocycles. The van der Waals surface area contributed by atoms with Gasteiger partial charge in [0.1, 0.15) is 5.82 Å². The molecule has 1 saturated carbocycles. The van der Waals surface area contributed by atoms with E-state index in [0.717, 1.165) is 19.1 Å². The Morgan fingerprint density at radius 1 is 1.53 bits per heavy atom. The molecule has 1 aromatic heterocycles. The summed E-state index contributed by atoms with van der Waals surface area (Å²) in [6.07, 6.45) is 6.96. The smallest absolute Gasteiger partial charge is 0.374 e. The number of nitrogens with zero attached hydrogens (tertiary/aromatic N) is 2. The van der Waals surface area contributed by atoms with Gasteiger partial charge < -0.3 is 15.8 Å². The van der Waals surface area contributed by atoms with Crippen molar-refractivity contribution in [2.75, 3.05) is 5.32 Å². The molecule has 1 fully saturated rings. The van der Waals surface area contributed by atoms with E-state index >= 15 is 0 Å². The van der Waals surface area contributed by atoms with Crippen LogP contribution < -0.4 is 5.32 Å². The van der Waals surface area contributed by atoms with Crippen LogP contribution in [0.5, 0.6) is 0 Å². The van der Waals surface area contributed by atoms with Crippen molar-refractivity contribution in [3.63, 3.8) is 0 Å². The molecule has 17 heavy (non-hydrogen) atoms. The highest BCUT2D eigenvalue weighted by Crippen LogP contribution is 2.22. The predicted octanol–water partition coefficient (Wildman–Crippen LogP) is 1.53. The molecule has 1 heterocycles. The first kappa shape index (κ1) is 11.5. The van der Waals surface area contributed by atoms with Crippen LogP contribution in [0.15, 0.2) is 6.20 Å². The minimum Gasteiger partial charge on any atom is -0.475 e. The number of anilines is 1. The van der Waals surface area contributed by atoms with Crippen molar-refractivity contribution in [2.45, 2.75) is 31.7 Å². The quantitative estimate of drug-likeness (QED) is 0.686. The molecule has 0 unspecified atom stereocenters. The maximum absolute atomic E-state index is 10.8. The van der Waals surface area contributed by atoms with Crippen LogP contribution in [0.25, 0.3) is 0 Å². The van der Waals surface area contributed by atoms with E-state index in [1.54, 1.807) is 0 Å². The fourth-order valence-corrected chi connectivity index (χ4v) is 1.98. The average Bonchev–Trinajstić information content (AvgIpc) is 2.81. The first-order chi connectivity index (χ1) is 8.20. The monoisotopic (exact) mass is 234 g/mol. The van der Waals surface area contributed by atoms with Gasteiger partial charge in [0, 0.05) is 18.5 Å². The molecule has 0 bridgehead atoms. The number of carboxylic acid groups (broad SMARTS) is 1. The van der Waals surface area contributed by atoms with Gasteiger partial charge in [-0.2, -0.15) is 0 Å². The Labute approximate surface area is 98.6 Å². The fraction of sp³-hybridized carbons (Fsp3) is 0.455. The Balaban J connectivity index is 2.24. The van der Waals surface area contributed by atoms with Gasteiger partial charge in [0.25, 0.3) is 0 Å². The highest BCUT2D eigenvalue weighted by atomic mass is 16.4. The number of aromatic nitrogens is 2. The van der Waals surface area contributed by atoms with Crippen LogP contribution in [0.3, 0.4) is 0 Å². The number of carbonyl (C=O) groups is 1. The van der Waals surface area contributed by atoms with Crippen LogP contribution in [0.4, 0.5) is 5.82 Å². The number of rotatable bonds is 4. The summed E-state index contributed by atoms with van der Waals surface area (Å²) in [7, 11) is 0. The Kier molecular flexibility index (Phi) is 3.32. The summed E-state index contributed by atoms with van der Waals surface area (Å²) in [6.45, 7) is 0. The third-order valence-corrected chi connectivity index (χ3v) is 2.86. The molecule has 1 aromatic rings. The summed E-state index contributed by atoms with van der Waals surface area (Å²) in [5.41, 5.74) is 0.516. The summed E-state index contributed by atoms with van der Waals surface area (Å²) < 4.78 is 0. The Hall–Kier alpha value is -1.98. The van der Waals surface area contributed by atoms with E-state index in [4.69, 9.17) is 10.5 Å². The zero-order valence-electron chi connectivity index (χ0n) is 9.31. The molecule has 0 saturated heterocycles. The fourth-order valence-electron chi connectivity index (χ4n) is 1.98.